The molecule has 144 valence electrons. The molecule has 0 aliphatic heterocycles. The van der Waals surface area contributed by atoms with Crippen molar-refractivity contribution in [1.29, 1.82) is 0 Å². The molecular formula is C23H30ClN3. The first-order valence-electron chi connectivity index (χ1n) is 9.62. The third-order valence-electron chi connectivity index (χ3n) is 4.92. The molecule has 0 bridgehead atoms. The number of nitrogens with two attached hydrogens (primary N) is 1. The summed E-state index contributed by atoms with van der Waals surface area (Å²) in [4.78, 5) is 8.63. The van der Waals surface area contributed by atoms with E-state index in [9.17, 15) is 0 Å². The summed E-state index contributed by atoms with van der Waals surface area (Å²) < 4.78 is 0. The van der Waals surface area contributed by atoms with E-state index in [1.807, 2.05) is 13.0 Å². The maximum Gasteiger partial charge on any atom is 0.0710 e. The topological polar surface area (TPSA) is 51.3 Å². The molecule has 1 aromatic carbocycles. The van der Waals surface area contributed by atoms with Crippen LogP contribution in [0.15, 0.2) is 41.5 Å². The zero-order valence-electron chi connectivity index (χ0n) is 16.8. The van der Waals surface area contributed by atoms with E-state index in [-0.39, 0.29) is 6.04 Å². The molecule has 0 fully saturated rings. The lowest BCUT2D eigenvalue weighted by molar-refractivity contribution is 0.435. The minimum Gasteiger partial charge on any atom is -0.324 e. The van der Waals surface area contributed by atoms with Gasteiger partial charge in [-0.3, -0.25) is 9.98 Å². The molecule has 2 atom stereocenters. The molecule has 2 rings (SSSR count). The molecule has 0 saturated heterocycles. The molecular weight excluding hydrogens is 354 g/mol. The fraction of sp³-hybridized carbons (Fsp3) is 0.391. The minimum absolute atomic E-state index is 0.131. The Labute approximate surface area is 168 Å². The van der Waals surface area contributed by atoms with Crippen LogP contribution in [0.5, 0.6) is 0 Å². The van der Waals surface area contributed by atoms with Crippen LogP contribution in [-0.2, 0) is 0 Å². The van der Waals surface area contributed by atoms with Gasteiger partial charge in [0.05, 0.1) is 16.2 Å². The molecule has 4 heteroatoms. The number of halogens is 1. The number of aliphatic imine (C=N–C) groups is 1. The zero-order valence-corrected chi connectivity index (χ0v) is 17.6. The molecule has 0 amide bonds. The van der Waals surface area contributed by atoms with Crippen LogP contribution in [0.2, 0.25) is 5.02 Å². The van der Waals surface area contributed by atoms with Crippen molar-refractivity contribution < 1.29 is 0 Å². The third kappa shape index (κ3) is 4.85. The van der Waals surface area contributed by atoms with E-state index in [4.69, 9.17) is 17.3 Å². The second-order valence-electron chi connectivity index (χ2n) is 7.03. The third-order valence-corrected chi connectivity index (χ3v) is 5.39. The van der Waals surface area contributed by atoms with Crippen molar-refractivity contribution in [2.45, 2.75) is 53.0 Å². The molecule has 2 unspecified atom stereocenters. The number of fused-ring (bicyclic) bond motifs is 1. The Bertz CT molecular complexity index is 868. The standard InChI is InChI=1S/C23H30ClN3/c1-6-8-10-18(14-26-5)17-11-12-20-19(13-17)21(22(24)16(4)27-20)23(25)15(3)9-7-2/h8,10-15,23H,5-7,9,25H2,1-4H3/b10-8+,18-14+. The van der Waals surface area contributed by atoms with Gasteiger partial charge in [0.2, 0.25) is 0 Å². The monoisotopic (exact) mass is 383 g/mol. The first-order valence-corrected chi connectivity index (χ1v) is 10.0. The lowest BCUT2D eigenvalue weighted by atomic mass is 9.88. The Balaban J connectivity index is 2.70. The van der Waals surface area contributed by atoms with Crippen LogP contribution in [0.3, 0.4) is 0 Å². The molecule has 1 aromatic heterocycles. The van der Waals surface area contributed by atoms with Crippen molar-refractivity contribution in [1.82, 2.24) is 4.98 Å². The molecule has 0 aliphatic carbocycles. The predicted molar refractivity (Wildman–Crippen MR) is 119 cm³/mol. The number of hydrogen-bond donors (Lipinski definition) is 1. The van der Waals surface area contributed by atoms with Gasteiger partial charge in [0, 0.05) is 17.6 Å². The summed E-state index contributed by atoms with van der Waals surface area (Å²) in [5.41, 5.74) is 11.4. The first-order chi connectivity index (χ1) is 12.9. The second-order valence-corrected chi connectivity index (χ2v) is 7.40. The van der Waals surface area contributed by atoms with E-state index in [0.717, 1.165) is 52.6 Å². The molecule has 3 nitrogen and oxygen atoms in total. The van der Waals surface area contributed by atoms with Gasteiger partial charge in [0.1, 0.15) is 0 Å². The van der Waals surface area contributed by atoms with E-state index in [2.05, 4.69) is 61.7 Å². The van der Waals surface area contributed by atoms with Crippen LogP contribution in [0.1, 0.15) is 62.9 Å². The summed E-state index contributed by atoms with van der Waals surface area (Å²) in [5, 5.41) is 1.69. The SMILES string of the molecule is C=N/C=C(\C=C\CC)c1ccc2nc(C)c(Cl)c(C(N)C(C)CCC)c2c1. The number of aryl methyl sites for hydroxylation is 1. The van der Waals surface area contributed by atoms with Gasteiger partial charge in [0.25, 0.3) is 0 Å². The molecule has 2 N–H and O–H groups in total. The van der Waals surface area contributed by atoms with E-state index in [0.29, 0.717) is 10.9 Å². The normalized spacial score (nSPS) is 14.7. The van der Waals surface area contributed by atoms with Crippen LogP contribution < -0.4 is 5.73 Å². The Morgan fingerprint density at radius 2 is 2.11 bits per heavy atom. The van der Waals surface area contributed by atoms with Crippen LogP contribution >= 0.6 is 11.6 Å². The van der Waals surface area contributed by atoms with Crippen molar-refractivity contribution in [3.63, 3.8) is 0 Å². The Hall–Kier alpha value is -1.97. The van der Waals surface area contributed by atoms with E-state index in [1.54, 1.807) is 6.20 Å². The average molecular weight is 384 g/mol. The molecule has 2 aromatic rings. The fourth-order valence-electron chi connectivity index (χ4n) is 3.37. The molecule has 1 heterocycles. The van der Waals surface area contributed by atoms with Crippen LogP contribution in [-0.4, -0.2) is 11.7 Å². The number of hydrogen-bond acceptors (Lipinski definition) is 3. The Kier molecular flexibility index (Phi) is 7.76. The van der Waals surface area contributed by atoms with Gasteiger partial charge in [-0.05, 0) is 61.2 Å². The summed E-state index contributed by atoms with van der Waals surface area (Å²) in [6.45, 7) is 12.0. The molecule has 0 aliphatic rings. The number of aromatic nitrogens is 1. The maximum atomic E-state index is 6.69. The van der Waals surface area contributed by atoms with Crippen molar-refractivity contribution in [2.75, 3.05) is 0 Å². The Morgan fingerprint density at radius 1 is 1.37 bits per heavy atom. The first kappa shape index (κ1) is 21.3. The summed E-state index contributed by atoms with van der Waals surface area (Å²) in [5.74, 6) is 0.339. The second kappa shape index (κ2) is 9.82. The molecule has 0 spiro atoms. The summed E-state index contributed by atoms with van der Waals surface area (Å²) >= 11 is 6.69. The number of benzene rings is 1. The van der Waals surface area contributed by atoms with E-state index >= 15 is 0 Å². The minimum atomic E-state index is -0.131. The summed E-state index contributed by atoms with van der Waals surface area (Å²) in [6.07, 6.45) is 9.06. The molecule has 27 heavy (non-hydrogen) atoms. The van der Waals surface area contributed by atoms with Gasteiger partial charge in [0.15, 0.2) is 0 Å². The van der Waals surface area contributed by atoms with Gasteiger partial charge in [-0.15, -0.1) is 0 Å². The van der Waals surface area contributed by atoms with E-state index < -0.39 is 0 Å². The number of allylic oxidation sites excluding steroid dienone is 3. The highest BCUT2D eigenvalue weighted by Crippen LogP contribution is 2.37. The van der Waals surface area contributed by atoms with Crippen LogP contribution in [0, 0.1) is 12.8 Å². The van der Waals surface area contributed by atoms with Crippen molar-refractivity contribution in [3.8, 4) is 0 Å². The highest BCUT2D eigenvalue weighted by Gasteiger charge is 2.22. The van der Waals surface area contributed by atoms with Crippen LogP contribution in [0.25, 0.3) is 16.5 Å². The summed E-state index contributed by atoms with van der Waals surface area (Å²) in [7, 11) is 0. The van der Waals surface area contributed by atoms with Crippen molar-refractivity contribution in [3.05, 3.63) is 58.4 Å². The summed E-state index contributed by atoms with van der Waals surface area (Å²) in [6, 6.07) is 6.09. The van der Waals surface area contributed by atoms with Gasteiger partial charge < -0.3 is 5.73 Å². The Morgan fingerprint density at radius 3 is 2.74 bits per heavy atom. The van der Waals surface area contributed by atoms with Crippen molar-refractivity contribution in [2.24, 2.45) is 16.6 Å². The fourth-order valence-corrected chi connectivity index (χ4v) is 3.64. The lowest BCUT2D eigenvalue weighted by Gasteiger charge is -2.23. The number of pyridine rings is 1. The highest BCUT2D eigenvalue weighted by molar-refractivity contribution is 6.33. The quantitative estimate of drug-likeness (QED) is 0.410. The molecule has 0 saturated carbocycles. The zero-order chi connectivity index (χ0) is 20.0. The van der Waals surface area contributed by atoms with E-state index in [1.165, 1.54) is 0 Å². The number of rotatable bonds is 8. The van der Waals surface area contributed by atoms with Crippen LogP contribution in [0.4, 0.5) is 0 Å². The van der Waals surface area contributed by atoms with Gasteiger partial charge in [-0.1, -0.05) is 57.0 Å². The number of nitrogens with zero attached hydrogens (tertiary/aromatic N) is 2. The maximum absolute atomic E-state index is 6.69. The highest BCUT2D eigenvalue weighted by atomic mass is 35.5. The molecule has 0 radical (unpaired) electrons. The van der Waals surface area contributed by atoms with Gasteiger partial charge >= 0.3 is 0 Å². The predicted octanol–water partition coefficient (Wildman–Crippen LogP) is 6.64. The average Bonchev–Trinajstić information content (AvgIpc) is 2.65. The van der Waals surface area contributed by atoms with Crippen molar-refractivity contribution >= 4 is 34.8 Å². The van der Waals surface area contributed by atoms with Gasteiger partial charge in [-0.2, -0.15) is 0 Å². The largest absolute Gasteiger partial charge is 0.324 e. The van der Waals surface area contributed by atoms with Gasteiger partial charge in [-0.25, -0.2) is 0 Å². The smallest absolute Gasteiger partial charge is 0.0710 e. The lowest BCUT2D eigenvalue weighted by Crippen LogP contribution is -2.20.